The summed E-state index contributed by atoms with van der Waals surface area (Å²) in [7, 11) is 1.30. The fraction of sp³-hybridized carbons (Fsp3) is 0.167. The Kier molecular flexibility index (Phi) is 3.09. The van der Waals surface area contributed by atoms with Crippen molar-refractivity contribution in [3.05, 3.63) is 42.1 Å². The Labute approximate surface area is 98.6 Å². The van der Waals surface area contributed by atoms with Crippen molar-refractivity contribution >= 4 is 17.6 Å². The second-order valence-corrected chi connectivity index (χ2v) is 3.55. The highest BCUT2D eigenvalue weighted by Crippen LogP contribution is 2.19. The summed E-state index contributed by atoms with van der Waals surface area (Å²) in [5.74, 6) is -0.582. The van der Waals surface area contributed by atoms with E-state index in [1.807, 2.05) is 30.3 Å². The third kappa shape index (κ3) is 2.44. The molecule has 0 aliphatic carbocycles. The van der Waals surface area contributed by atoms with Crippen LogP contribution in [-0.4, -0.2) is 19.0 Å². The highest BCUT2D eigenvalue weighted by Gasteiger charge is 2.25. The number of para-hydroxylation sites is 1. The molecule has 0 saturated carbocycles. The smallest absolute Gasteiger partial charge is 0.332 e. The van der Waals surface area contributed by atoms with Crippen LogP contribution in [0.15, 0.2) is 42.1 Å². The van der Waals surface area contributed by atoms with Crippen molar-refractivity contribution in [1.29, 1.82) is 0 Å². The standard InChI is InChI=1S/C12H12N2O3/c1-17-12(16)8-9-7-11(15)14(13-9)10-5-3-2-4-6-10/h2-6,8,13H,7H2,1H3/b9-8-. The zero-order chi connectivity index (χ0) is 12.3. The Morgan fingerprint density at radius 3 is 2.76 bits per heavy atom. The predicted molar refractivity (Wildman–Crippen MR) is 61.8 cm³/mol. The number of carbonyl (C=O) groups excluding carboxylic acids is 2. The van der Waals surface area contributed by atoms with Crippen LogP contribution in [0.4, 0.5) is 5.69 Å². The monoisotopic (exact) mass is 232 g/mol. The number of benzene rings is 1. The van der Waals surface area contributed by atoms with E-state index in [0.717, 1.165) is 5.69 Å². The Hall–Kier alpha value is -2.30. The predicted octanol–water partition coefficient (Wildman–Crippen LogP) is 0.985. The lowest BCUT2D eigenvalue weighted by atomic mass is 10.3. The van der Waals surface area contributed by atoms with Crippen LogP contribution in [0.3, 0.4) is 0 Å². The molecule has 1 aliphatic heterocycles. The maximum Gasteiger partial charge on any atom is 0.332 e. The summed E-state index contributed by atoms with van der Waals surface area (Å²) >= 11 is 0. The minimum atomic E-state index is -0.477. The van der Waals surface area contributed by atoms with Crippen molar-refractivity contribution < 1.29 is 14.3 Å². The van der Waals surface area contributed by atoms with E-state index in [0.29, 0.717) is 5.70 Å². The second kappa shape index (κ2) is 4.69. The van der Waals surface area contributed by atoms with Gasteiger partial charge in [0.05, 0.1) is 19.2 Å². The normalized spacial score (nSPS) is 17.1. The summed E-state index contributed by atoms with van der Waals surface area (Å²) in [4.78, 5) is 22.8. The molecule has 1 fully saturated rings. The van der Waals surface area contributed by atoms with E-state index in [-0.39, 0.29) is 12.3 Å². The number of rotatable bonds is 2. The first-order chi connectivity index (χ1) is 8.20. The van der Waals surface area contributed by atoms with Gasteiger partial charge in [-0.15, -0.1) is 0 Å². The topological polar surface area (TPSA) is 58.6 Å². The third-order valence-electron chi connectivity index (χ3n) is 2.35. The molecule has 0 bridgehead atoms. The van der Waals surface area contributed by atoms with Crippen molar-refractivity contribution in [3.8, 4) is 0 Å². The van der Waals surface area contributed by atoms with Crippen LogP contribution in [0.1, 0.15) is 6.42 Å². The molecule has 88 valence electrons. The summed E-state index contributed by atoms with van der Waals surface area (Å²) in [5, 5.41) is 1.41. The number of ether oxygens (including phenoxy) is 1. The van der Waals surface area contributed by atoms with E-state index in [4.69, 9.17) is 0 Å². The van der Waals surface area contributed by atoms with Gasteiger partial charge in [-0.25, -0.2) is 9.80 Å². The second-order valence-electron chi connectivity index (χ2n) is 3.55. The number of hydrazine groups is 1. The van der Waals surface area contributed by atoms with Crippen LogP contribution < -0.4 is 10.4 Å². The van der Waals surface area contributed by atoms with Crippen molar-refractivity contribution in [3.63, 3.8) is 0 Å². The van der Waals surface area contributed by atoms with Gasteiger partial charge in [0.15, 0.2) is 0 Å². The van der Waals surface area contributed by atoms with E-state index in [1.54, 1.807) is 0 Å². The third-order valence-corrected chi connectivity index (χ3v) is 2.35. The fourth-order valence-corrected chi connectivity index (χ4v) is 1.56. The molecule has 0 unspecified atom stereocenters. The molecular weight excluding hydrogens is 220 g/mol. The molecule has 1 heterocycles. The average molecular weight is 232 g/mol. The molecule has 17 heavy (non-hydrogen) atoms. The number of anilines is 1. The number of hydrogen-bond acceptors (Lipinski definition) is 4. The molecule has 1 amide bonds. The largest absolute Gasteiger partial charge is 0.466 e. The highest BCUT2D eigenvalue weighted by molar-refractivity contribution is 5.98. The van der Waals surface area contributed by atoms with Gasteiger partial charge in [-0.3, -0.25) is 10.2 Å². The van der Waals surface area contributed by atoms with E-state index < -0.39 is 5.97 Å². The molecule has 1 aromatic rings. The van der Waals surface area contributed by atoms with Gasteiger partial charge in [0.1, 0.15) is 0 Å². The maximum atomic E-state index is 11.7. The lowest BCUT2D eigenvalue weighted by Gasteiger charge is -2.15. The molecule has 1 aliphatic rings. The molecule has 0 spiro atoms. The summed E-state index contributed by atoms with van der Waals surface area (Å²) in [6.45, 7) is 0. The Morgan fingerprint density at radius 2 is 2.12 bits per heavy atom. The average Bonchev–Trinajstić information content (AvgIpc) is 2.71. The van der Waals surface area contributed by atoms with Crippen molar-refractivity contribution in [2.75, 3.05) is 12.1 Å². The van der Waals surface area contributed by atoms with Crippen molar-refractivity contribution in [2.24, 2.45) is 0 Å². The molecule has 2 rings (SSSR count). The first-order valence-corrected chi connectivity index (χ1v) is 5.14. The van der Waals surface area contributed by atoms with Gasteiger partial charge in [-0.05, 0) is 12.1 Å². The van der Waals surface area contributed by atoms with Crippen LogP contribution in [-0.2, 0) is 14.3 Å². The zero-order valence-corrected chi connectivity index (χ0v) is 9.34. The minimum absolute atomic E-state index is 0.105. The molecule has 5 heteroatoms. The minimum Gasteiger partial charge on any atom is -0.466 e. The van der Waals surface area contributed by atoms with Crippen molar-refractivity contribution in [1.82, 2.24) is 5.43 Å². The molecule has 1 N–H and O–H groups in total. The van der Waals surface area contributed by atoms with Crippen LogP contribution in [0.5, 0.6) is 0 Å². The molecule has 5 nitrogen and oxygen atoms in total. The zero-order valence-electron chi connectivity index (χ0n) is 9.34. The van der Waals surface area contributed by atoms with E-state index in [2.05, 4.69) is 10.2 Å². The lowest BCUT2D eigenvalue weighted by molar-refractivity contribution is -0.134. The van der Waals surface area contributed by atoms with E-state index in [9.17, 15) is 9.59 Å². The van der Waals surface area contributed by atoms with Crippen molar-refractivity contribution in [2.45, 2.75) is 6.42 Å². The van der Waals surface area contributed by atoms with Crippen LogP contribution in [0.2, 0.25) is 0 Å². The quantitative estimate of drug-likeness (QED) is 0.610. The maximum absolute atomic E-state index is 11.7. The number of nitrogens with one attached hydrogen (secondary N) is 1. The fourth-order valence-electron chi connectivity index (χ4n) is 1.56. The van der Waals surface area contributed by atoms with Crippen LogP contribution >= 0.6 is 0 Å². The first-order valence-electron chi connectivity index (χ1n) is 5.14. The number of carbonyl (C=O) groups is 2. The summed E-state index contributed by atoms with van der Waals surface area (Å²) in [6, 6.07) is 9.17. The summed E-state index contributed by atoms with van der Waals surface area (Å²) < 4.78 is 4.50. The van der Waals surface area contributed by atoms with Gasteiger partial charge < -0.3 is 4.74 Å². The molecule has 0 radical (unpaired) electrons. The SMILES string of the molecule is COC(=O)/C=C1/CC(=O)N(c2ccccc2)N1. The van der Waals surface area contributed by atoms with Gasteiger partial charge in [-0.2, -0.15) is 0 Å². The Bertz CT molecular complexity index is 468. The molecule has 0 aromatic heterocycles. The van der Waals surface area contributed by atoms with Gasteiger partial charge in [0.2, 0.25) is 0 Å². The molecule has 0 atom stereocenters. The highest BCUT2D eigenvalue weighted by atomic mass is 16.5. The number of methoxy groups -OCH3 is 1. The molecular formula is C12H12N2O3. The van der Waals surface area contributed by atoms with Gasteiger partial charge >= 0.3 is 5.97 Å². The summed E-state index contributed by atoms with van der Waals surface area (Å²) in [5.41, 5.74) is 4.14. The lowest BCUT2D eigenvalue weighted by Crippen LogP contribution is -2.33. The molecule has 1 aromatic carbocycles. The Balaban J connectivity index is 2.16. The molecule has 1 saturated heterocycles. The first kappa shape index (κ1) is 11.2. The van der Waals surface area contributed by atoms with Gasteiger partial charge in [0.25, 0.3) is 5.91 Å². The van der Waals surface area contributed by atoms with E-state index >= 15 is 0 Å². The number of hydrogen-bond donors (Lipinski definition) is 1. The number of amides is 1. The van der Waals surface area contributed by atoms with Gasteiger partial charge in [-0.1, -0.05) is 18.2 Å². The van der Waals surface area contributed by atoms with Gasteiger partial charge in [0, 0.05) is 11.8 Å². The van der Waals surface area contributed by atoms with Crippen LogP contribution in [0, 0.1) is 0 Å². The summed E-state index contributed by atoms with van der Waals surface area (Å²) in [6.07, 6.45) is 1.45. The number of esters is 1. The van der Waals surface area contributed by atoms with Crippen LogP contribution in [0.25, 0.3) is 0 Å². The van der Waals surface area contributed by atoms with E-state index in [1.165, 1.54) is 18.2 Å². The Morgan fingerprint density at radius 1 is 1.41 bits per heavy atom. The number of nitrogens with zero attached hydrogens (tertiary/aromatic N) is 1.